The Labute approximate surface area is 109 Å². The number of benzene rings is 1. The van der Waals surface area contributed by atoms with Crippen molar-refractivity contribution < 1.29 is 8.78 Å². The fourth-order valence-electron chi connectivity index (χ4n) is 2.00. The van der Waals surface area contributed by atoms with Gasteiger partial charge < -0.3 is 5.73 Å². The molecule has 0 bridgehead atoms. The first-order valence-corrected chi connectivity index (χ1v) is 6.76. The molecule has 1 aromatic carbocycles. The van der Waals surface area contributed by atoms with Crippen molar-refractivity contribution in [3.05, 3.63) is 57.3 Å². The van der Waals surface area contributed by atoms with Crippen LogP contribution in [0.15, 0.2) is 29.6 Å². The van der Waals surface area contributed by atoms with E-state index in [2.05, 4.69) is 0 Å². The van der Waals surface area contributed by atoms with Crippen LogP contribution in [0.2, 0.25) is 0 Å². The second kappa shape index (κ2) is 5.59. The second-order valence-electron chi connectivity index (χ2n) is 4.17. The van der Waals surface area contributed by atoms with Gasteiger partial charge in [-0.1, -0.05) is 13.0 Å². The van der Waals surface area contributed by atoms with Gasteiger partial charge in [-0.05, 0) is 42.0 Å². The summed E-state index contributed by atoms with van der Waals surface area (Å²) in [6.45, 7) is 2.04. The Hall–Kier alpha value is -1.26. The van der Waals surface area contributed by atoms with E-state index >= 15 is 0 Å². The third-order valence-electron chi connectivity index (χ3n) is 2.98. The van der Waals surface area contributed by atoms with Gasteiger partial charge in [-0.15, -0.1) is 11.3 Å². The number of hydrogen-bond acceptors (Lipinski definition) is 2. The summed E-state index contributed by atoms with van der Waals surface area (Å²) < 4.78 is 27.1. The number of thiophene rings is 1. The minimum atomic E-state index is -0.528. The minimum Gasteiger partial charge on any atom is -0.323 e. The molecule has 1 heterocycles. The highest BCUT2D eigenvalue weighted by molar-refractivity contribution is 7.10. The predicted octanol–water partition coefficient (Wildman–Crippen LogP) is 3.83. The van der Waals surface area contributed by atoms with Crippen LogP contribution in [0.3, 0.4) is 0 Å². The number of rotatable bonds is 4. The lowest BCUT2D eigenvalue weighted by Crippen LogP contribution is -2.15. The van der Waals surface area contributed by atoms with E-state index in [-0.39, 0.29) is 18.0 Å². The van der Waals surface area contributed by atoms with E-state index in [0.717, 1.165) is 16.9 Å². The van der Waals surface area contributed by atoms with Gasteiger partial charge in [-0.2, -0.15) is 0 Å². The van der Waals surface area contributed by atoms with E-state index < -0.39 is 11.6 Å². The lowest BCUT2D eigenvalue weighted by atomic mass is 10.0. The Morgan fingerprint density at radius 1 is 1.22 bits per heavy atom. The molecule has 0 saturated heterocycles. The van der Waals surface area contributed by atoms with Crippen LogP contribution in [0.5, 0.6) is 0 Å². The van der Waals surface area contributed by atoms with E-state index in [9.17, 15) is 8.78 Å². The summed E-state index contributed by atoms with van der Waals surface area (Å²) in [6, 6.07) is 5.55. The summed E-state index contributed by atoms with van der Waals surface area (Å²) in [5.41, 5.74) is 7.29. The molecule has 18 heavy (non-hydrogen) atoms. The minimum absolute atomic E-state index is 0.0699. The molecule has 96 valence electrons. The molecule has 1 aromatic heterocycles. The Bertz CT molecular complexity index is 516. The Balaban J connectivity index is 2.24. The van der Waals surface area contributed by atoms with Gasteiger partial charge in [-0.25, -0.2) is 8.78 Å². The highest BCUT2D eigenvalue weighted by atomic mass is 32.1. The summed E-state index contributed by atoms with van der Waals surface area (Å²) in [7, 11) is 0. The van der Waals surface area contributed by atoms with Gasteiger partial charge in [0.1, 0.15) is 11.6 Å². The second-order valence-corrected chi connectivity index (χ2v) is 5.12. The normalized spacial score (nSPS) is 12.7. The van der Waals surface area contributed by atoms with E-state index in [1.54, 1.807) is 11.3 Å². The molecule has 0 saturated carbocycles. The molecule has 0 aliphatic carbocycles. The van der Waals surface area contributed by atoms with Crippen molar-refractivity contribution in [3.63, 3.8) is 0 Å². The lowest BCUT2D eigenvalue weighted by Gasteiger charge is -2.13. The highest BCUT2D eigenvalue weighted by Crippen LogP contribution is 2.27. The maximum Gasteiger partial charge on any atom is 0.129 e. The van der Waals surface area contributed by atoms with Crippen LogP contribution in [-0.2, 0) is 12.8 Å². The number of halogens is 2. The van der Waals surface area contributed by atoms with Crippen LogP contribution in [0.4, 0.5) is 8.78 Å². The van der Waals surface area contributed by atoms with Crippen LogP contribution in [0.1, 0.15) is 29.0 Å². The first-order valence-electron chi connectivity index (χ1n) is 5.88. The zero-order chi connectivity index (χ0) is 13.1. The zero-order valence-corrected chi connectivity index (χ0v) is 10.9. The molecule has 0 spiro atoms. The van der Waals surface area contributed by atoms with Gasteiger partial charge >= 0.3 is 0 Å². The fraction of sp³-hybridized carbons (Fsp3) is 0.286. The molecule has 0 fully saturated rings. The van der Waals surface area contributed by atoms with Crippen molar-refractivity contribution in [1.82, 2.24) is 0 Å². The maximum absolute atomic E-state index is 13.5. The zero-order valence-electron chi connectivity index (χ0n) is 10.1. The first kappa shape index (κ1) is 13.2. The maximum atomic E-state index is 13.5. The molecular formula is C14H15F2NS. The number of nitrogens with two attached hydrogens (primary N) is 1. The van der Waals surface area contributed by atoms with Crippen molar-refractivity contribution in [2.45, 2.75) is 25.8 Å². The molecule has 0 radical (unpaired) electrons. The summed E-state index contributed by atoms with van der Waals surface area (Å²) in [4.78, 5) is 1.01. The smallest absolute Gasteiger partial charge is 0.129 e. The third kappa shape index (κ3) is 2.60. The molecule has 1 nitrogen and oxygen atoms in total. The Kier molecular flexibility index (Phi) is 4.09. The van der Waals surface area contributed by atoms with Crippen LogP contribution in [-0.4, -0.2) is 0 Å². The molecule has 0 amide bonds. The van der Waals surface area contributed by atoms with Crippen LogP contribution in [0, 0.1) is 11.6 Å². The molecule has 2 N–H and O–H groups in total. The SMILES string of the molecule is CCc1ccsc1C(N)Cc1c(F)cccc1F. The Morgan fingerprint density at radius 2 is 1.89 bits per heavy atom. The van der Waals surface area contributed by atoms with Crippen molar-refractivity contribution >= 4 is 11.3 Å². The van der Waals surface area contributed by atoms with Crippen molar-refractivity contribution in [2.24, 2.45) is 5.73 Å². The average molecular weight is 267 g/mol. The van der Waals surface area contributed by atoms with Gasteiger partial charge in [-0.3, -0.25) is 0 Å². The summed E-state index contributed by atoms with van der Waals surface area (Å²) in [5.74, 6) is -1.06. The lowest BCUT2D eigenvalue weighted by molar-refractivity contribution is 0.540. The van der Waals surface area contributed by atoms with E-state index in [1.165, 1.54) is 18.2 Å². The van der Waals surface area contributed by atoms with Crippen molar-refractivity contribution in [3.8, 4) is 0 Å². The molecule has 2 rings (SSSR count). The Morgan fingerprint density at radius 3 is 2.50 bits per heavy atom. The molecule has 4 heteroatoms. The van der Waals surface area contributed by atoms with Crippen LogP contribution < -0.4 is 5.73 Å². The topological polar surface area (TPSA) is 26.0 Å². The van der Waals surface area contributed by atoms with E-state index in [1.807, 2.05) is 18.4 Å². The quantitative estimate of drug-likeness (QED) is 0.895. The number of aryl methyl sites for hydroxylation is 1. The standard InChI is InChI=1S/C14H15F2NS/c1-2-9-6-7-18-14(9)13(17)8-10-11(15)4-3-5-12(10)16/h3-7,13H,2,8,17H2,1H3. The van der Waals surface area contributed by atoms with Gasteiger partial charge in [0.05, 0.1) is 0 Å². The van der Waals surface area contributed by atoms with Gasteiger partial charge in [0.15, 0.2) is 0 Å². The molecule has 2 aromatic rings. The fourth-order valence-corrected chi connectivity index (χ4v) is 3.01. The largest absolute Gasteiger partial charge is 0.323 e. The van der Waals surface area contributed by atoms with E-state index in [4.69, 9.17) is 5.73 Å². The van der Waals surface area contributed by atoms with Gasteiger partial charge in [0.2, 0.25) is 0 Å². The first-order chi connectivity index (χ1) is 8.63. The summed E-state index contributed by atoms with van der Waals surface area (Å²) in [6.07, 6.45) is 1.07. The van der Waals surface area contributed by atoms with Gasteiger partial charge in [0.25, 0.3) is 0 Å². The van der Waals surface area contributed by atoms with Crippen LogP contribution >= 0.6 is 11.3 Å². The molecular weight excluding hydrogens is 252 g/mol. The van der Waals surface area contributed by atoms with E-state index in [0.29, 0.717) is 0 Å². The summed E-state index contributed by atoms with van der Waals surface area (Å²) >= 11 is 1.54. The molecule has 0 aliphatic rings. The van der Waals surface area contributed by atoms with Crippen LogP contribution in [0.25, 0.3) is 0 Å². The van der Waals surface area contributed by atoms with Crippen molar-refractivity contribution in [2.75, 3.05) is 0 Å². The highest BCUT2D eigenvalue weighted by Gasteiger charge is 2.17. The number of hydrogen-bond donors (Lipinski definition) is 1. The summed E-state index contributed by atoms with van der Waals surface area (Å²) in [5, 5.41) is 1.96. The monoisotopic (exact) mass is 267 g/mol. The average Bonchev–Trinajstić information content (AvgIpc) is 2.82. The predicted molar refractivity (Wildman–Crippen MR) is 70.7 cm³/mol. The third-order valence-corrected chi connectivity index (χ3v) is 4.08. The van der Waals surface area contributed by atoms with Gasteiger partial charge in [0, 0.05) is 16.5 Å². The molecule has 1 unspecified atom stereocenters. The molecule has 0 aliphatic heterocycles. The molecule has 1 atom stereocenters. The van der Waals surface area contributed by atoms with Crippen molar-refractivity contribution in [1.29, 1.82) is 0 Å².